The molecule has 2 heterocycles. The lowest BCUT2D eigenvalue weighted by atomic mass is 9.86. The van der Waals surface area contributed by atoms with Crippen LogP contribution in [-0.4, -0.2) is 79.5 Å². The number of carboxylic acid groups (broad SMARTS) is 1. The number of carbonyl (C=O) groups is 1. The lowest BCUT2D eigenvalue weighted by molar-refractivity contribution is -0.268. The number of aliphatic hydroxyl groups excluding tert-OH is 1. The maximum atomic E-state index is 13.6. The van der Waals surface area contributed by atoms with Crippen LogP contribution in [0.1, 0.15) is 19.3 Å². The van der Waals surface area contributed by atoms with Gasteiger partial charge in [0.15, 0.2) is 0 Å². The van der Waals surface area contributed by atoms with Crippen molar-refractivity contribution in [1.29, 1.82) is 0 Å². The Kier molecular flexibility index (Phi) is 6.57. The summed E-state index contributed by atoms with van der Waals surface area (Å²) in [7, 11) is -2.93. The van der Waals surface area contributed by atoms with Crippen LogP contribution in [0.4, 0.5) is 18.0 Å². The first kappa shape index (κ1) is 23.8. The van der Waals surface area contributed by atoms with Crippen molar-refractivity contribution in [3.63, 3.8) is 0 Å². The standard InChI is InChI=1S/C19H25F3N2O6S/c1-23(31(28,29)13-5-3-2-4-6-13)15-11-18(7-9-24(10-8-18)17(26)27)30-16(15)14(12-25)19(20,21)22/h2-6,14-16,25H,7-12H2,1H3,(H,26,27)/p-1/t14?,15-,16-/m1/s1. The van der Waals surface area contributed by atoms with E-state index in [4.69, 9.17) is 4.74 Å². The predicted octanol–water partition coefficient (Wildman–Crippen LogP) is 0.813. The van der Waals surface area contributed by atoms with Crippen LogP contribution >= 0.6 is 0 Å². The minimum absolute atomic E-state index is 0.00668. The summed E-state index contributed by atoms with van der Waals surface area (Å²) in [4.78, 5) is 12.0. The highest BCUT2D eigenvalue weighted by molar-refractivity contribution is 7.89. The molecule has 0 aromatic heterocycles. The molecule has 1 aromatic rings. The normalized spacial score (nSPS) is 25.2. The number of ether oxygens (including phenoxy) is 1. The Hall–Kier alpha value is -1.89. The molecule has 1 N–H and O–H groups in total. The van der Waals surface area contributed by atoms with Crippen molar-refractivity contribution in [3.05, 3.63) is 30.3 Å². The van der Waals surface area contributed by atoms with Crippen LogP contribution in [0.15, 0.2) is 35.2 Å². The summed E-state index contributed by atoms with van der Waals surface area (Å²) in [6.07, 6.45) is -7.68. The molecule has 2 saturated heterocycles. The molecule has 1 spiro atoms. The quantitative estimate of drug-likeness (QED) is 0.689. The highest BCUT2D eigenvalue weighted by Crippen LogP contribution is 2.46. The van der Waals surface area contributed by atoms with Crippen LogP contribution in [0.3, 0.4) is 0 Å². The maximum Gasteiger partial charge on any atom is 0.396 e. The summed E-state index contributed by atoms with van der Waals surface area (Å²) < 4.78 is 73.8. The van der Waals surface area contributed by atoms with Gasteiger partial charge in [-0.05, 0) is 31.4 Å². The molecule has 2 aliphatic heterocycles. The second-order valence-electron chi connectivity index (χ2n) is 7.95. The maximum absolute atomic E-state index is 13.6. The molecule has 0 bridgehead atoms. The van der Waals surface area contributed by atoms with Crippen LogP contribution < -0.4 is 5.11 Å². The number of sulfonamides is 1. The zero-order valence-corrected chi connectivity index (χ0v) is 17.6. The minimum Gasteiger partial charge on any atom is -0.530 e. The van der Waals surface area contributed by atoms with Crippen LogP contribution in [-0.2, 0) is 14.8 Å². The average molecular weight is 465 g/mol. The molecule has 174 valence electrons. The number of likely N-dealkylation sites (N-methyl/N-ethyl adjacent to an activating group) is 1. The number of hydrogen-bond acceptors (Lipinski definition) is 6. The van der Waals surface area contributed by atoms with E-state index < -0.39 is 52.6 Å². The fourth-order valence-electron chi connectivity index (χ4n) is 4.35. The molecule has 0 radical (unpaired) electrons. The van der Waals surface area contributed by atoms with Gasteiger partial charge in [-0.1, -0.05) is 18.2 Å². The number of carbonyl (C=O) groups excluding carboxylic acids is 1. The van der Waals surface area contributed by atoms with Gasteiger partial charge in [0.1, 0.15) is 12.0 Å². The first-order chi connectivity index (χ1) is 14.4. The third-order valence-electron chi connectivity index (χ3n) is 6.18. The van der Waals surface area contributed by atoms with Crippen molar-refractivity contribution >= 4 is 16.1 Å². The fraction of sp³-hybridized carbons (Fsp3) is 0.632. The summed E-state index contributed by atoms with van der Waals surface area (Å²) in [5.41, 5.74) is -1.12. The predicted molar refractivity (Wildman–Crippen MR) is 100 cm³/mol. The third-order valence-corrected chi connectivity index (χ3v) is 8.08. The molecule has 3 atom stereocenters. The van der Waals surface area contributed by atoms with Crippen LogP contribution in [0.25, 0.3) is 0 Å². The zero-order valence-electron chi connectivity index (χ0n) is 16.8. The molecule has 12 heteroatoms. The van der Waals surface area contributed by atoms with Gasteiger partial charge < -0.3 is 24.6 Å². The fourth-order valence-corrected chi connectivity index (χ4v) is 5.73. The highest BCUT2D eigenvalue weighted by Gasteiger charge is 2.58. The molecule has 2 aliphatic rings. The van der Waals surface area contributed by atoms with Gasteiger partial charge in [-0.25, -0.2) is 8.42 Å². The number of alkyl halides is 3. The van der Waals surface area contributed by atoms with Crippen LogP contribution in [0.2, 0.25) is 0 Å². The van der Waals surface area contributed by atoms with Crippen molar-refractivity contribution in [2.45, 2.75) is 48.1 Å². The Bertz CT molecular complexity index is 888. The number of hydrogen-bond donors (Lipinski definition) is 1. The molecule has 1 aromatic carbocycles. The number of halogens is 3. The molecule has 3 rings (SSSR count). The first-order valence-corrected chi connectivity index (χ1v) is 11.2. The highest BCUT2D eigenvalue weighted by atomic mass is 32.2. The van der Waals surface area contributed by atoms with Crippen molar-refractivity contribution in [2.75, 3.05) is 26.7 Å². The Balaban J connectivity index is 1.94. The summed E-state index contributed by atoms with van der Waals surface area (Å²) in [6.45, 7) is -1.25. The van der Waals surface area contributed by atoms with Crippen molar-refractivity contribution in [2.24, 2.45) is 5.92 Å². The molecular formula is C19H24F3N2O6S-. The van der Waals surface area contributed by atoms with Gasteiger partial charge >= 0.3 is 6.18 Å². The van der Waals surface area contributed by atoms with Crippen molar-refractivity contribution < 1.29 is 41.3 Å². The topological polar surface area (TPSA) is 110 Å². The van der Waals surface area contributed by atoms with Crippen LogP contribution in [0.5, 0.6) is 0 Å². The SMILES string of the molecule is CN([C@@H]1CC2(CCN(C(=O)[O-])CC2)O[C@@H]1C(CO)C(F)(F)F)S(=O)(=O)c1ccccc1. The molecular weight excluding hydrogens is 441 g/mol. The van der Waals surface area contributed by atoms with Crippen molar-refractivity contribution in [1.82, 2.24) is 9.21 Å². The van der Waals surface area contributed by atoms with E-state index >= 15 is 0 Å². The van der Waals surface area contributed by atoms with Gasteiger partial charge in [0, 0.05) is 20.1 Å². The summed E-state index contributed by atoms with van der Waals surface area (Å²) in [6, 6.07) is 6.13. The van der Waals surface area contributed by atoms with Gasteiger partial charge in [0.2, 0.25) is 10.0 Å². The number of benzene rings is 1. The van der Waals surface area contributed by atoms with E-state index in [1.54, 1.807) is 6.07 Å². The number of amides is 1. The number of rotatable bonds is 5. The van der Waals surface area contributed by atoms with E-state index in [-0.39, 0.29) is 37.2 Å². The number of piperidine rings is 1. The van der Waals surface area contributed by atoms with Gasteiger partial charge in [-0.2, -0.15) is 17.5 Å². The zero-order chi connectivity index (χ0) is 23.0. The molecule has 1 unspecified atom stereocenters. The third kappa shape index (κ3) is 4.66. The van der Waals surface area contributed by atoms with Gasteiger partial charge in [-0.15, -0.1) is 0 Å². The van der Waals surface area contributed by atoms with E-state index in [9.17, 15) is 36.6 Å². The Labute approximate surface area is 178 Å². The molecule has 0 aliphatic carbocycles. The summed E-state index contributed by atoms with van der Waals surface area (Å²) in [5.74, 6) is -2.29. The minimum atomic E-state index is -4.81. The van der Waals surface area contributed by atoms with Gasteiger partial charge in [0.05, 0.1) is 29.2 Å². The Morgan fingerprint density at radius 2 is 1.90 bits per heavy atom. The second kappa shape index (κ2) is 8.57. The molecule has 31 heavy (non-hydrogen) atoms. The summed E-state index contributed by atoms with van der Waals surface area (Å²) in [5, 5.41) is 20.6. The molecule has 8 nitrogen and oxygen atoms in total. The molecule has 0 saturated carbocycles. The Morgan fingerprint density at radius 3 is 2.39 bits per heavy atom. The lowest BCUT2D eigenvalue weighted by Crippen LogP contribution is -2.51. The number of aliphatic hydroxyl groups is 1. The van der Waals surface area contributed by atoms with Crippen LogP contribution in [0, 0.1) is 5.92 Å². The van der Waals surface area contributed by atoms with E-state index in [1.807, 2.05) is 0 Å². The van der Waals surface area contributed by atoms with Gasteiger partial charge in [-0.3, -0.25) is 0 Å². The van der Waals surface area contributed by atoms with E-state index in [0.717, 1.165) is 9.21 Å². The largest absolute Gasteiger partial charge is 0.530 e. The average Bonchev–Trinajstić information content (AvgIpc) is 3.06. The van der Waals surface area contributed by atoms with Crippen molar-refractivity contribution in [3.8, 4) is 0 Å². The Morgan fingerprint density at radius 1 is 1.32 bits per heavy atom. The summed E-state index contributed by atoms with van der Waals surface area (Å²) >= 11 is 0. The van der Waals surface area contributed by atoms with E-state index in [0.29, 0.717) is 0 Å². The van der Waals surface area contributed by atoms with Gasteiger partial charge in [0.25, 0.3) is 0 Å². The van der Waals surface area contributed by atoms with E-state index in [2.05, 4.69) is 0 Å². The second-order valence-corrected chi connectivity index (χ2v) is 9.95. The smallest absolute Gasteiger partial charge is 0.396 e. The number of likely N-dealkylation sites (tertiary alicyclic amines) is 1. The number of nitrogens with zero attached hydrogens (tertiary/aromatic N) is 2. The monoisotopic (exact) mass is 465 g/mol. The lowest BCUT2D eigenvalue weighted by Gasteiger charge is -2.40. The molecule has 2 fully saturated rings. The molecule has 1 amide bonds. The first-order valence-electron chi connectivity index (χ1n) is 9.76. The van der Waals surface area contributed by atoms with E-state index in [1.165, 1.54) is 31.3 Å².